The quantitative estimate of drug-likeness (QED) is 0.656. The molecule has 168 valence electrons. The van der Waals surface area contributed by atoms with Crippen molar-refractivity contribution >= 4 is 17.5 Å². The Kier molecular flexibility index (Phi) is 5.68. The Bertz CT molecular complexity index is 730. The van der Waals surface area contributed by atoms with Crippen molar-refractivity contribution in [1.82, 2.24) is 4.90 Å². The number of Topliss-reactive ketones (excluding diaryl/α,β-unsaturated/α-hetero) is 2. The molecule has 0 aromatic rings. The average molecular weight is 416 g/mol. The summed E-state index contributed by atoms with van der Waals surface area (Å²) < 4.78 is 0. The first kappa shape index (κ1) is 22.0. The van der Waals surface area contributed by atoms with Crippen LogP contribution in [0.25, 0.3) is 0 Å². The van der Waals surface area contributed by atoms with Crippen molar-refractivity contribution in [2.24, 2.45) is 46.3 Å². The van der Waals surface area contributed by atoms with E-state index in [4.69, 9.17) is 0 Å². The molecule has 4 heteroatoms. The maximum atomic E-state index is 13.8. The van der Waals surface area contributed by atoms with E-state index in [0.29, 0.717) is 59.9 Å². The first-order chi connectivity index (χ1) is 14.1. The van der Waals surface area contributed by atoms with Crippen molar-refractivity contribution in [3.05, 3.63) is 0 Å². The van der Waals surface area contributed by atoms with Crippen molar-refractivity contribution in [2.45, 2.75) is 85.0 Å². The van der Waals surface area contributed by atoms with Crippen LogP contribution in [0.3, 0.4) is 0 Å². The minimum absolute atomic E-state index is 0.176. The molecule has 0 spiro atoms. The summed E-state index contributed by atoms with van der Waals surface area (Å²) in [6, 6.07) is 0. The summed E-state index contributed by atoms with van der Waals surface area (Å²) in [6.07, 6.45) is 9.30. The van der Waals surface area contributed by atoms with Crippen LogP contribution in [0.15, 0.2) is 0 Å². The SMILES string of the molecule is C[C@H](CCC(=O)N(C)C)[C@H]1CC[C@H]2[C@@H]3CC[C@@H]4CC(=O)CC[C@]4(C)[C@H]3CC(=O)[C@]12C. The molecule has 4 nitrogen and oxygen atoms in total. The molecule has 0 unspecified atom stereocenters. The van der Waals surface area contributed by atoms with E-state index in [1.54, 1.807) is 4.90 Å². The molecule has 0 aromatic heterocycles. The van der Waals surface area contributed by atoms with Gasteiger partial charge in [-0.25, -0.2) is 0 Å². The summed E-state index contributed by atoms with van der Waals surface area (Å²) in [5.74, 6) is 4.02. The van der Waals surface area contributed by atoms with Crippen molar-refractivity contribution in [3.63, 3.8) is 0 Å². The van der Waals surface area contributed by atoms with Crippen LogP contribution < -0.4 is 0 Å². The number of hydrogen-bond acceptors (Lipinski definition) is 3. The van der Waals surface area contributed by atoms with Crippen molar-refractivity contribution < 1.29 is 14.4 Å². The zero-order chi connectivity index (χ0) is 21.8. The van der Waals surface area contributed by atoms with Crippen LogP contribution in [0.4, 0.5) is 0 Å². The maximum Gasteiger partial charge on any atom is 0.222 e. The number of fused-ring (bicyclic) bond motifs is 5. The summed E-state index contributed by atoms with van der Waals surface area (Å²) in [6.45, 7) is 6.95. The van der Waals surface area contributed by atoms with Crippen LogP contribution in [-0.2, 0) is 14.4 Å². The van der Waals surface area contributed by atoms with Gasteiger partial charge in [0.1, 0.15) is 11.6 Å². The predicted molar refractivity (Wildman–Crippen MR) is 118 cm³/mol. The monoisotopic (exact) mass is 415 g/mol. The van der Waals surface area contributed by atoms with Gasteiger partial charge in [0.15, 0.2) is 0 Å². The Morgan fingerprint density at radius 2 is 1.80 bits per heavy atom. The first-order valence-electron chi connectivity index (χ1n) is 12.3. The molecule has 0 saturated heterocycles. The lowest BCUT2D eigenvalue weighted by Crippen LogP contribution is -2.57. The highest BCUT2D eigenvalue weighted by Gasteiger charge is 2.63. The summed E-state index contributed by atoms with van der Waals surface area (Å²) in [7, 11) is 3.64. The van der Waals surface area contributed by atoms with Crippen LogP contribution in [0.1, 0.15) is 85.0 Å². The zero-order valence-corrected chi connectivity index (χ0v) is 19.7. The van der Waals surface area contributed by atoms with Gasteiger partial charge in [0.25, 0.3) is 0 Å². The van der Waals surface area contributed by atoms with Gasteiger partial charge in [-0.15, -0.1) is 0 Å². The molecule has 4 rings (SSSR count). The molecule has 0 N–H and O–H groups in total. The second kappa shape index (κ2) is 7.74. The van der Waals surface area contributed by atoms with Crippen LogP contribution in [0.5, 0.6) is 0 Å². The van der Waals surface area contributed by atoms with Crippen LogP contribution in [-0.4, -0.2) is 36.5 Å². The number of rotatable bonds is 4. The topological polar surface area (TPSA) is 54.5 Å². The molecule has 4 aliphatic rings. The molecule has 1 amide bonds. The van der Waals surface area contributed by atoms with E-state index in [1.807, 2.05) is 14.1 Å². The standard InChI is InChI=1S/C26H41NO3/c1-16(6-11-24(30)27(4)5)20-9-10-21-19-8-7-17-14-18(28)12-13-25(17,2)22(19)15-23(29)26(20,21)3/h16-17,19-22H,6-15H2,1-5H3/t16-,17-,19+,20-,21+,22+,25+,26-/m1/s1. The van der Waals surface area contributed by atoms with E-state index < -0.39 is 0 Å². The Balaban J connectivity index is 1.53. The lowest BCUT2D eigenvalue weighted by atomic mass is 9.44. The molecule has 8 atom stereocenters. The molecule has 0 radical (unpaired) electrons. The van der Waals surface area contributed by atoms with E-state index in [0.717, 1.165) is 32.1 Å². The third-order valence-corrected chi connectivity index (χ3v) is 10.4. The highest BCUT2D eigenvalue weighted by molar-refractivity contribution is 5.87. The van der Waals surface area contributed by atoms with Gasteiger partial charge in [-0.05, 0) is 79.4 Å². The van der Waals surface area contributed by atoms with Crippen LogP contribution in [0.2, 0.25) is 0 Å². The van der Waals surface area contributed by atoms with Gasteiger partial charge in [0, 0.05) is 45.2 Å². The highest BCUT2D eigenvalue weighted by Crippen LogP contribution is 2.67. The smallest absolute Gasteiger partial charge is 0.222 e. The minimum atomic E-state index is -0.213. The van der Waals surface area contributed by atoms with E-state index in [9.17, 15) is 14.4 Å². The second-order valence-corrected chi connectivity index (χ2v) is 11.8. The van der Waals surface area contributed by atoms with Crippen molar-refractivity contribution in [3.8, 4) is 0 Å². The first-order valence-corrected chi connectivity index (χ1v) is 12.3. The average Bonchev–Trinajstić information content (AvgIpc) is 3.06. The Hall–Kier alpha value is -1.19. The van der Waals surface area contributed by atoms with Crippen LogP contribution in [0, 0.1) is 46.3 Å². The molecule has 0 bridgehead atoms. The molecule has 0 aliphatic heterocycles. The number of hydrogen-bond donors (Lipinski definition) is 0. The van der Waals surface area contributed by atoms with Gasteiger partial charge in [0.05, 0.1) is 0 Å². The zero-order valence-electron chi connectivity index (χ0n) is 19.7. The lowest BCUT2D eigenvalue weighted by Gasteiger charge is -2.59. The number of ketones is 2. The van der Waals surface area contributed by atoms with Gasteiger partial charge in [-0.1, -0.05) is 20.8 Å². The normalized spacial score (nSPS) is 44.1. The van der Waals surface area contributed by atoms with Gasteiger partial charge in [-0.2, -0.15) is 0 Å². The summed E-state index contributed by atoms with van der Waals surface area (Å²) >= 11 is 0. The van der Waals surface area contributed by atoms with Crippen LogP contribution >= 0.6 is 0 Å². The summed E-state index contributed by atoms with van der Waals surface area (Å²) in [5, 5.41) is 0. The van der Waals surface area contributed by atoms with Crippen molar-refractivity contribution in [2.75, 3.05) is 14.1 Å². The van der Waals surface area contributed by atoms with E-state index in [2.05, 4.69) is 20.8 Å². The largest absolute Gasteiger partial charge is 0.349 e. The van der Waals surface area contributed by atoms with E-state index >= 15 is 0 Å². The summed E-state index contributed by atoms with van der Waals surface area (Å²) in [4.78, 5) is 39.6. The molecule has 4 saturated carbocycles. The van der Waals surface area contributed by atoms with E-state index in [-0.39, 0.29) is 16.7 Å². The van der Waals surface area contributed by atoms with Gasteiger partial charge >= 0.3 is 0 Å². The third-order valence-electron chi connectivity index (χ3n) is 10.4. The molecule has 4 fully saturated rings. The van der Waals surface area contributed by atoms with Gasteiger partial charge < -0.3 is 4.90 Å². The molecular formula is C26H41NO3. The van der Waals surface area contributed by atoms with Crippen molar-refractivity contribution in [1.29, 1.82) is 0 Å². The Labute approximate surface area is 182 Å². The fraction of sp³-hybridized carbons (Fsp3) is 0.885. The Morgan fingerprint density at radius 3 is 2.50 bits per heavy atom. The molecule has 30 heavy (non-hydrogen) atoms. The van der Waals surface area contributed by atoms with Gasteiger partial charge in [0.2, 0.25) is 5.91 Å². The molecule has 0 heterocycles. The molecular weight excluding hydrogens is 374 g/mol. The maximum absolute atomic E-state index is 13.8. The third kappa shape index (κ3) is 3.28. The van der Waals surface area contributed by atoms with Gasteiger partial charge in [-0.3, -0.25) is 14.4 Å². The lowest BCUT2D eigenvalue weighted by molar-refractivity contribution is -0.159. The fourth-order valence-corrected chi connectivity index (χ4v) is 8.47. The Morgan fingerprint density at radius 1 is 1.07 bits per heavy atom. The fourth-order valence-electron chi connectivity index (χ4n) is 8.47. The number of carbonyl (C=O) groups excluding carboxylic acids is 3. The second-order valence-electron chi connectivity index (χ2n) is 11.8. The minimum Gasteiger partial charge on any atom is -0.349 e. The number of carbonyl (C=O) groups is 3. The summed E-state index contributed by atoms with van der Waals surface area (Å²) in [5.41, 5.74) is -0.0366. The number of nitrogens with zero attached hydrogens (tertiary/aromatic N) is 1. The predicted octanol–water partition coefficient (Wildman–Crippen LogP) is 4.90. The highest BCUT2D eigenvalue weighted by atomic mass is 16.2. The molecule has 4 aliphatic carbocycles. The molecule has 0 aromatic carbocycles. The van der Waals surface area contributed by atoms with E-state index in [1.165, 1.54) is 19.3 Å². The number of amides is 1.